The lowest BCUT2D eigenvalue weighted by Gasteiger charge is -2.28. The summed E-state index contributed by atoms with van der Waals surface area (Å²) in [5, 5.41) is 9.83. The van der Waals surface area contributed by atoms with Crippen LogP contribution in [0, 0.1) is 12.8 Å². The standard InChI is InChI=1S/C18H25N5O3/c1-11(2)16-22-17(26-23-16)15(13-6-8-25-9-7-13)21-18(24)20-14-5-4-12(3)19-10-14/h4-5,10-11,13,15H,6-9H2,1-3H3,(H2,20,21,24)/t15-/m0/s1. The monoisotopic (exact) mass is 359 g/mol. The molecule has 1 aliphatic rings. The fourth-order valence-electron chi connectivity index (χ4n) is 2.89. The van der Waals surface area contributed by atoms with Crippen LogP contribution in [-0.2, 0) is 4.74 Å². The zero-order valence-electron chi connectivity index (χ0n) is 15.4. The fourth-order valence-corrected chi connectivity index (χ4v) is 2.89. The molecule has 0 bridgehead atoms. The van der Waals surface area contributed by atoms with Gasteiger partial charge in [-0.05, 0) is 37.8 Å². The van der Waals surface area contributed by atoms with Gasteiger partial charge >= 0.3 is 6.03 Å². The molecule has 26 heavy (non-hydrogen) atoms. The highest BCUT2D eigenvalue weighted by molar-refractivity contribution is 5.89. The fraction of sp³-hybridized carbons (Fsp3) is 0.556. The molecule has 0 radical (unpaired) electrons. The number of nitrogens with zero attached hydrogens (tertiary/aromatic N) is 3. The zero-order valence-corrected chi connectivity index (χ0v) is 15.4. The van der Waals surface area contributed by atoms with Crippen molar-refractivity contribution in [2.24, 2.45) is 5.92 Å². The number of carbonyl (C=O) groups is 1. The van der Waals surface area contributed by atoms with E-state index in [9.17, 15) is 4.79 Å². The Morgan fingerprint density at radius 1 is 1.27 bits per heavy atom. The van der Waals surface area contributed by atoms with Gasteiger partial charge in [0.15, 0.2) is 5.82 Å². The van der Waals surface area contributed by atoms with Crippen molar-refractivity contribution in [1.82, 2.24) is 20.4 Å². The predicted octanol–water partition coefficient (Wildman–Crippen LogP) is 3.19. The lowest BCUT2D eigenvalue weighted by atomic mass is 9.91. The molecule has 2 aromatic rings. The topological polar surface area (TPSA) is 102 Å². The van der Waals surface area contributed by atoms with Crippen molar-refractivity contribution in [3.8, 4) is 0 Å². The van der Waals surface area contributed by atoms with E-state index in [1.54, 1.807) is 6.20 Å². The second-order valence-electron chi connectivity index (χ2n) is 6.86. The summed E-state index contributed by atoms with van der Waals surface area (Å²) in [6, 6.07) is 2.99. The Kier molecular flexibility index (Phi) is 5.82. The van der Waals surface area contributed by atoms with Crippen molar-refractivity contribution < 1.29 is 14.1 Å². The highest BCUT2D eigenvalue weighted by Crippen LogP contribution is 2.30. The number of pyridine rings is 1. The molecule has 2 N–H and O–H groups in total. The summed E-state index contributed by atoms with van der Waals surface area (Å²) in [5.74, 6) is 1.43. The molecule has 1 aliphatic heterocycles. The predicted molar refractivity (Wildman–Crippen MR) is 95.8 cm³/mol. The Morgan fingerprint density at radius 2 is 2.04 bits per heavy atom. The van der Waals surface area contributed by atoms with E-state index < -0.39 is 0 Å². The molecule has 140 valence electrons. The molecule has 0 spiro atoms. The number of amides is 2. The van der Waals surface area contributed by atoms with Gasteiger partial charge in [0.25, 0.3) is 0 Å². The average molecular weight is 359 g/mol. The summed E-state index contributed by atoms with van der Waals surface area (Å²) >= 11 is 0. The number of nitrogens with one attached hydrogen (secondary N) is 2. The van der Waals surface area contributed by atoms with Crippen LogP contribution >= 0.6 is 0 Å². The van der Waals surface area contributed by atoms with Crippen molar-refractivity contribution in [2.45, 2.75) is 45.6 Å². The van der Waals surface area contributed by atoms with Gasteiger partial charge in [0.2, 0.25) is 5.89 Å². The molecule has 3 heterocycles. The molecule has 1 fully saturated rings. The number of anilines is 1. The molecular weight excluding hydrogens is 334 g/mol. The third kappa shape index (κ3) is 4.57. The van der Waals surface area contributed by atoms with Gasteiger partial charge in [0.1, 0.15) is 6.04 Å². The van der Waals surface area contributed by atoms with Crippen LogP contribution in [0.3, 0.4) is 0 Å². The van der Waals surface area contributed by atoms with Crippen LogP contribution in [-0.4, -0.2) is 34.4 Å². The maximum absolute atomic E-state index is 12.5. The van der Waals surface area contributed by atoms with Gasteiger partial charge in [-0.15, -0.1) is 0 Å². The second kappa shape index (κ2) is 8.27. The summed E-state index contributed by atoms with van der Waals surface area (Å²) < 4.78 is 10.9. The van der Waals surface area contributed by atoms with Gasteiger partial charge in [0, 0.05) is 24.8 Å². The first-order valence-corrected chi connectivity index (χ1v) is 8.94. The minimum atomic E-state index is -0.350. The van der Waals surface area contributed by atoms with E-state index in [-0.39, 0.29) is 23.9 Å². The molecule has 0 saturated carbocycles. The molecule has 2 aromatic heterocycles. The summed E-state index contributed by atoms with van der Waals surface area (Å²) in [7, 11) is 0. The number of hydrogen-bond donors (Lipinski definition) is 2. The molecule has 0 aromatic carbocycles. The third-order valence-corrected chi connectivity index (χ3v) is 4.43. The van der Waals surface area contributed by atoms with Crippen LogP contribution < -0.4 is 10.6 Å². The first-order chi connectivity index (χ1) is 12.5. The summed E-state index contributed by atoms with van der Waals surface area (Å²) in [6.45, 7) is 7.23. The molecule has 3 rings (SSSR count). The molecule has 0 unspecified atom stereocenters. The maximum Gasteiger partial charge on any atom is 0.319 e. The molecule has 8 nitrogen and oxygen atoms in total. The van der Waals surface area contributed by atoms with Crippen LogP contribution in [0.2, 0.25) is 0 Å². The lowest BCUT2D eigenvalue weighted by Crippen LogP contribution is -2.38. The Morgan fingerprint density at radius 3 is 2.65 bits per heavy atom. The number of urea groups is 1. The minimum Gasteiger partial charge on any atom is -0.381 e. The number of rotatable bonds is 5. The van der Waals surface area contributed by atoms with Gasteiger partial charge in [-0.2, -0.15) is 4.98 Å². The van der Waals surface area contributed by atoms with Crippen LogP contribution in [0.15, 0.2) is 22.9 Å². The Balaban J connectivity index is 1.73. The van der Waals surface area contributed by atoms with Gasteiger partial charge in [-0.25, -0.2) is 4.79 Å². The Labute approximate surface area is 152 Å². The van der Waals surface area contributed by atoms with Crippen molar-refractivity contribution >= 4 is 11.7 Å². The lowest BCUT2D eigenvalue weighted by molar-refractivity contribution is 0.0506. The van der Waals surface area contributed by atoms with E-state index in [2.05, 4.69) is 25.8 Å². The van der Waals surface area contributed by atoms with Crippen molar-refractivity contribution in [3.05, 3.63) is 35.7 Å². The van der Waals surface area contributed by atoms with E-state index in [1.807, 2.05) is 32.9 Å². The van der Waals surface area contributed by atoms with Crippen molar-refractivity contribution in [1.29, 1.82) is 0 Å². The van der Waals surface area contributed by atoms with E-state index >= 15 is 0 Å². The number of carbonyl (C=O) groups excluding carboxylic acids is 1. The normalized spacial score (nSPS) is 16.5. The zero-order chi connectivity index (χ0) is 18.5. The van der Waals surface area contributed by atoms with E-state index in [0.29, 0.717) is 30.6 Å². The SMILES string of the molecule is Cc1ccc(NC(=O)N[C@H](c2nc(C(C)C)no2)C2CCOCC2)cn1. The maximum atomic E-state index is 12.5. The van der Waals surface area contributed by atoms with Crippen LogP contribution in [0.1, 0.15) is 56.1 Å². The quantitative estimate of drug-likeness (QED) is 0.850. The highest BCUT2D eigenvalue weighted by atomic mass is 16.5. The largest absolute Gasteiger partial charge is 0.381 e. The number of hydrogen-bond acceptors (Lipinski definition) is 6. The molecule has 0 aliphatic carbocycles. The molecule has 1 saturated heterocycles. The van der Waals surface area contributed by atoms with Gasteiger partial charge in [-0.1, -0.05) is 19.0 Å². The van der Waals surface area contributed by atoms with Crippen LogP contribution in [0.4, 0.5) is 10.5 Å². The van der Waals surface area contributed by atoms with Crippen molar-refractivity contribution in [3.63, 3.8) is 0 Å². The van der Waals surface area contributed by atoms with Gasteiger partial charge in [0.05, 0.1) is 11.9 Å². The molecular formula is C18H25N5O3. The molecule has 1 atom stereocenters. The number of aromatic nitrogens is 3. The number of aryl methyl sites for hydroxylation is 1. The summed E-state index contributed by atoms with van der Waals surface area (Å²) in [4.78, 5) is 21.2. The number of ether oxygens (including phenoxy) is 1. The average Bonchev–Trinajstić information content (AvgIpc) is 3.12. The Hall–Kier alpha value is -2.48. The minimum absolute atomic E-state index is 0.162. The highest BCUT2D eigenvalue weighted by Gasteiger charge is 2.31. The van der Waals surface area contributed by atoms with Crippen molar-refractivity contribution in [2.75, 3.05) is 18.5 Å². The van der Waals surface area contributed by atoms with Crippen LogP contribution in [0.25, 0.3) is 0 Å². The first kappa shape index (κ1) is 18.3. The first-order valence-electron chi connectivity index (χ1n) is 8.94. The third-order valence-electron chi connectivity index (χ3n) is 4.43. The van der Waals surface area contributed by atoms with Gasteiger partial charge in [-0.3, -0.25) is 4.98 Å². The smallest absolute Gasteiger partial charge is 0.319 e. The summed E-state index contributed by atoms with van der Waals surface area (Å²) in [6.07, 6.45) is 3.29. The second-order valence-corrected chi connectivity index (χ2v) is 6.86. The molecule has 2 amide bonds. The van der Waals surface area contributed by atoms with Gasteiger partial charge < -0.3 is 19.9 Å². The molecule has 8 heteroatoms. The van der Waals surface area contributed by atoms with E-state index in [4.69, 9.17) is 9.26 Å². The Bertz CT molecular complexity index is 723. The van der Waals surface area contributed by atoms with Crippen LogP contribution in [0.5, 0.6) is 0 Å². The van der Waals surface area contributed by atoms with E-state index in [1.165, 1.54) is 0 Å². The van der Waals surface area contributed by atoms with E-state index in [0.717, 1.165) is 18.5 Å². The summed E-state index contributed by atoms with van der Waals surface area (Å²) in [5.41, 5.74) is 1.52.